The van der Waals surface area contributed by atoms with Crippen molar-refractivity contribution in [3.63, 3.8) is 0 Å². The van der Waals surface area contributed by atoms with Crippen LogP contribution in [0.15, 0.2) is 0 Å². The summed E-state index contributed by atoms with van der Waals surface area (Å²) in [7, 11) is -0.874. The summed E-state index contributed by atoms with van der Waals surface area (Å²) >= 11 is 5.42. The van der Waals surface area contributed by atoms with Gasteiger partial charge in [-0.2, -0.15) is 0 Å². The van der Waals surface area contributed by atoms with E-state index in [9.17, 15) is 0 Å². The molecule has 50 valence electrons. The van der Waals surface area contributed by atoms with Crippen LogP contribution in [0.2, 0.25) is 19.6 Å². The molecule has 0 amide bonds. The first kappa shape index (κ1) is 8.47. The van der Waals surface area contributed by atoms with Gasteiger partial charge < -0.3 is 5.32 Å². The van der Waals surface area contributed by atoms with E-state index in [1.54, 1.807) is 0 Å². The third-order valence-corrected chi connectivity index (χ3v) is 2.25. The van der Waals surface area contributed by atoms with Crippen LogP contribution in [0, 0.1) is 0 Å². The minimum Gasteiger partial charge on any atom is -0.307 e. The zero-order valence-electron chi connectivity index (χ0n) is 5.79. The summed E-state index contributed by atoms with van der Waals surface area (Å²) in [5.74, 6) is 0. The van der Waals surface area contributed by atoms with Crippen LogP contribution in [0.4, 0.5) is 0 Å². The Bertz CT molecular complexity index is 59.9. The van der Waals surface area contributed by atoms with E-state index in [2.05, 4.69) is 25.0 Å². The first-order valence-corrected chi connectivity index (χ1v) is 7.07. The lowest BCUT2D eigenvalue weighted by Crippen LogP contribution is -2.35. The molecule has 0 fully saturated rings. The minimum absolute atomic E-state index is 0.588. The van der Waals surface area contributed by atoms with Gasteiger partial charge in [0.25, 0.3) is 0 Å². The van der Waals surface area contributed by atoms with Crippen LogP contribution in [0.25, 0.3) is 0 Å². The van der Waals surface area contributed by atoms with Crippen molar-refractivity contribution in [3.8, 4) is 0 Å². The lowest BCUT2D eigenvalue weighted by Gasteiger charge is -2.14. The molecular weight excluding hydrogens is 138 g/mol. The fraction of sp³-hybridized carbons (Fsp3) is 1.00. The molecule has 0 radical (unpaired) electrons. The Morgan fingerprint density at radius 2 is 1.88 bits per heavy atom. The molecule has 0 saturated heterocycles. The molecule has 0 rings (SSSR count). The van der Waals surface area contributed by atoms with Gasteiger partial charge in [-0.3, -0.25) is 0 Å². The van der Waals surface area contributed by atoms with Crippen LogP contribution in [0.3, 0.4) is 0 Å². The lowest BCUT2D eigenvalue weighted by molar-refractivity contribution is 0.910. The van der Waals surface area contributed by atoms with Crippen molar-refractivity contribution >= 4 is 19.7 Å². The standard InChI is InChI=1S/C5H14ClNSi/c1-8(2,3)5-7-4-6/h7H,4-5H2,1-3H3. The van der Waals surface area contributed by atoms with E-state index in [-0.39, 0.29) is 0 Å². The van der Waals surface area contributed by atoms with E-state index in [1.165, 1.54) is 0 Å². The van der Waals surface area contributed by atoms with Gasteiger partial charge in [-0.05, 0) is 6.17 Å². The molecule has 0 aliphatic heterocycles. The maximum absolute atomic E-state index is 5.42. The van der Waals surface area contributed by atoms with Gasteiger partial charge in [0.05, 0.1) is 14.1 Å². The molecule has 0 atom stereocenters. The largest absolute Gasteiger partial charge is 0.307 e. The molecular formula is C5H14ClNSi. The highest BCUT2D eigenvalue weighted by Crippen LogP contribution is 1.96. The molecule has 0 saturated carbocycles. The summed E-state index contributed by atoms with van der Waals surface area (Å²) in [4.78, 5) is 0. The van der Waals surface area contributed by atoms with Crippen molar-refractivity contribution in [2.45, 2.75) is 19.6 Å². The smallest absolute Gasteiger partial charge is 0.0710 e. The van der Waals surface area contributed by atoms with E-state index >= 15 is 0 Å². The number of hydrogen-bond donors (Lipinski definition) is 1. The second-order valence-corrected chi connectivity index (χ2v) is 8.86. The second kappa shape index (κ2) is 3.48. The Labute approximate surface area is 57.4 Å². The molecule has 3 heteroatoms. The van der Waals surface area contributed by atoms with Crippen molar-refractivity contribution in [3.05, 3.63) is 0 Å². The highest BCUT2D eigenvalue weighted by atomic mass is 35.5. The van der Waals surface area contributed by atoms with Gasteiger partial charge in [0.15, 0.2) is 0 Å². The third kappa shape index (κ3) is 6.47. The Balaban J connectivity index is 3.11. The summed E-state index contributed by atoms with van der Waals surface area (Å²) in [6, 6.07) is 0.588. The third-order valence-electron chi connectivity index (χ3n) is 0.750. The second-order valence-electron chi connectivity index (χ2n) is 3.12. The van der Waals surface area contributed by atoms with Crippen LogP contribution < -0.4 is 5.32 Å². The Kier molecular flexibility index (Phi) is 3.69. The first-order valence-electron chi connectivity index (χ1n) is 2.83. The molecule has 0 heterocycles. The van der Waals surface area contributed by atoms with Gasteiger partial charge in [-0.15, -0.1) is 11.6 Å². The summed E-state index contributed by atoms with van der Waals surface area (Å²) in [5.41, 5.74) is 0. The minimum atomic E-state index is -0.874. The van der Waals surface area contributed by atoms with E-state index in [0.29, 0.717) is 6.00 Å². The summed E-state index contributed by atoms with van der Waals surface area (Å²) in [6.07, 6.45) is 1.12. The molecule has 8 heavy (non-hydrogen) atoms. The van der Waals surface area contributed by atoms with Crippen molar-refractivity contribution in [2.24, 2.45) is 0 Å². The van der Waals surface area contributed by atoms with Crippen molar-refractivity contribution in [1.82, 2.24) is 5.32 Å². The van der Waals surface area contributed by atoms with Crippen LogP contribution in [-0.4, -0.2) is 20.2 Å². The average Bonchev–Trinajstić information content (AvgIpc) is 1.59. The number of nitrogens with one attached hydrogen (secondary N) is 1. The summed E-state index contributed by atoms with van der Waals surface area (Å²) in [5, 5.41) is 3.12. The molecule has 0 unspecified atom stereocenters. The van der Waals surface area contributed by atoms with Gasteiger partial charge in [0.2, 0.25) is 0 Å². The molecule has 0 aromatic rings. The van der Waals surface area contributed by atoms with Crippen LogP contribution in [-0.2, 0) is 0 Å². The maximum Gasteiger partial charge on any atom is 0.0710 e. The number of rotatable bonds is 3. The topological polar surface area (TPSA) is 12.0 Å². The molecule has 1 nitrogen and oxygen atoms in total. The van der Waals surface area contributed by atoms with E-state index in [4.69, 9.17) is 11.6 Å². The van der Waals surface area contributed by atoms with Crippen LogP contribution >= 0.6 is 11.6 Å². The molecule has 1 N–H and O–H groups in total. The number of alkyl halides is 1. The van der Waals surface area contributed by atoms with Gasteiger partial charge in [0.1, 0.15) is 0 Å². The van der Waals surface area contributed by atoms with Gasteiger partial charge in [-0.1, -0.05) is 19.6 Å². The number of halogens is 1. The van der Waals surface area contributed by atoms with E-state index in [0.717, 1.165) is 6.17 Å². The Hall–Kier alpha value is 0.467. The van der Waals surface area contributed by atoms with Crippen molar-refractivity contribution in [2.75, 3.05) is 12.2 Å². The fourth-order valence-electron chi connectivity index (χ4n) is 0.422. The molecule has 0 spiro atoms. The molecule has 0 aromatic carbocycles. The van der Waals surface area contributed by atoms with Gasteiger partial charge in [0, 0.05) is 0 Å². The molecule has 0 aromatic heterocycles. The fourth-order valence-corrected chi connectivity index (χ4v) is 1.55. The molecule has 0 bridgehead atoms. The molecule has 0 aliphatic rings. The van der Waals surface area contributed by atoms with Gasteiger partial charge in [-0.25, -0.2) is 0 Å². The summed E-state index contributed by atoms with van der Waals surface area (Å²) in [6.45, 7) is 6.94. The van der Waals surface area contributed by atoms with E-state index in [1.807, 2.05) is 0 Å². The van der Waals surface area contributed by atoms with Crippen molar-refractivity contribution in [1.29, 1.82) is 0 Å². The normalized spacial score (nSPS) is 12.0. The monoisotopic (exact) mass is 151 g/mol. The van der Waals surface area contributed by atoms with Crippen molar-refractivity contribution < 1.29 is 0 Å². The van der Waals surface area contributed by atoms with Crippen LogP contribution in [0.1, 0.15) is 0 Å². The molecule has 0 aliphatic carbocycles. The van der Waals surface area contributed by atoms with Crippen LogP contribution in [0.5, 0.6) is 0 Å². The highest BCUT2D eigenvalue weighted by Gasteiger charge is 2.10. The highest BCUT2D eigenvalue weighted by molar-refractivity contribution is 6.76. The maximum atomic E-state index is 5.42. The van der Waals surface area contributed by atoms with E-state index < -0.39 is 8.07 Å². The Morgan fingerprint density at radius 1 is 1.38 bits per heavy atom. The quantitative estimate of drug-likeness (QED) is 0.368. The number of hydrogen-bond acceptors (Lipinski definition) is 1. The lowest BCUT2D eigenvalue weighted by atomic mass is 11.2. The Morgan fingerprint density at radius 3 is 2.00 bits per heavy atom. The van der Waals surface area contributed by atoms with Gasteiger partial charge >= 0.3 is 0 Å². The summed E-state index contributed by atoms with van der Waals surface area (Å²) < 4.78 is 0. The average molecular weight is 152 g/mol. The SMILES string of the molecule is C[Si](C)(C)CNCCl. The predicted molar refractivity (Wildman–Crippen MR) is 42.1 cm³/mol. The zero-order valence-corrected chi connectivity index (χ0v) is 7.55. The predicted octanol–water partition coefficient (Wildman–Crippen LogP) is 1.65. The first-order chi connectivity index (χ1) is 3.56. The zero-order chi connectivity index (χ0) is 6.62.